The van der Waals surface area contributed by atoms with Gasteiger partial charge in [-0.05, 0) is 36.8 Å². The number of nitrogens with two attached hydrogens (primary N) is 1. The van der Waals surface area contributed by atoms with E-state index in [2.05, 4.69) is 15.6 Å². The molecule has 0 aliphatic carbocycles. The third-order valence-corrected chi connectivity index (χ3v) is 4.31. The van der Waals surface area contributed by atoms with Gasteiger partial charge in [-0.15, -0.1) is 0 Å². The highest BCUT2D eigenvalue weighted by Gasteiger charge is 2.34. The van der Waals surface area contributed by atoms with E-state index in [1.54, 1.807) is 12.1 Å². The first-order valence-electron chi connectivity index (χ1n) is 8.41. The first-order chi connectivity index (χ1) is 12.8. The quantitative estimate of drug-likeness (QED) is 0.668. The van der Waals surface area contributed by atoms with Crippen LogP contribution in [0.3, 0.4) is 0 Å². The van der Waals surface area contributed by atoms with E-state index in [1.165, 1.54) is 6.20 Å². The van der Waals surface area contributed by atoms with Gasteiger partial charge in [0.25, 0.3) is 0 Å². The zero-order valence-electron chi connectivity index (χ0n) is 14.4. The van der Waals surface area contributed by atoms with Crippen molar-refractivity contribution in [1.82, 2.24) is 10.3 Å². The molecular formula is C18H20F4N4O. The maximum Gasteiger partial charge on any atom is 0.418 e. The summed E-state index contributed by atoms with van der Waals surface area (Å²) < 4.78 is 57.6. The molecule has 0 amide bonds. The Kier molecular flexibility index (Phi) is 5.64. The summed E-state index contributed by atoms with van der Waals surface area (Å²) in [4.78, 5) is 4.22. The second kappa shape index (κ2) is 7.79. The van der Waals surface area contributed by atoms with Gasteiger partial charge in [-0.1, -0.05) is 0 Å². The molecule has 0 radical (unpaired) electrons. The van der Waals surface area contributed by atoms with Crippen LogP contribution in [0.25, 0.3) is 0 Å². The number of hydrogen-bond donors (Lipinski definition) is 3. The predicted molar refractivity (Wildman–Crippen MR) is 93.0 cm³/mol. The van der Waals surface area contributed by atoms with E-state index < -0.39 is 17.6 Å². The molecule has 0 unspecified atom stereocenters. The summed E-state index contributed by atoms with van der Waals surface area (Å²) in [6.07, 6.45) is -2.45. The summed E-state index contributed by atoms with van der Waals surface area (Å²) in [7, 11) is 0. The fourth-order valence-electron chi connectivity index (χ4n) is 2.82. The Morgan fingerprint density at radius 2 is 2.04 bits per heavy atom. The number of benzene rings is 1. The maximum atomic E-state index is 13.2. The van der Waals surface area contributed by atoms with Gasteiger partial charge in [0.1, 0.15) is 5.82 Å². The molecule has 5 nitrogen and oxygen atoms in total. The van der Waals surface area contributed by atoms with Crippen LogP contribution < -0.4 is 16.4 Å². The monoisotopic (exact) mass is 384 g/mol. The highest BCUT2D eigenvalue weighted by atomic mass is 19.4. The highest BCUT2D eigenvalue weighted by Crippen LogP contribution is 2.36. The van der Waals surface area contributed by atoms with Crippen LogP contribution in [0.4, 0.5) is 28.9 Å². The minimum Gasteiger partial charge on any atom is -0.379 e. The number of nitrogens with one attached hydrogen (secondary N) is 2. The average Bonchev–Trinajstić information content (AvgIpc) is 3.04. The molecule has 1 atom stereocenters. The lowest BCUT2D eigenvalue weighted by molar-refractivity contribution is -0.137. The van der Waals surface area contributed by atoms with Crippen molar-refractivity contribution in [2.75, 3.05) is 25.1 Å². The molecule has 3 rings (SSSR count). The van der Waals surface area contributed by atoms with Crippen LogP contribution in [0.5, 0.6) is 0 Å². The Hall–Kier alpha value is -2.23. The maximum absolute atomic E-state index is 13.2. The number of nitrogens with zero attached hydrogens (tertiary/aromatic N) is 1. The van der Waals surface area contributed by atoms with E-state index in [-0.39, 0.29) is 11.2 Å². The van der Waals surface area contributed by atoms with Crippen LogP contribution >= 0.6 is 0 Å². The lowest BCUT2D eigenvalue weighted by Crippen LogP contribution is -2.49. The van der Waals surface area contributed by atoms with E-state index >= 15 is 0 Å². The minimum absolute atomic E-state index is 0.233. The van der Waals surface area contributed by atoms with Crippen molar-refractivity contribution in [2.45, 2.75) is 24.7 Å². The summed E-state index contributed by atoms with van der Waals surface area (Å²) in [5.41, 5.74) is 5.57. The van der Waals surface area contributed by atoms with Crippen LogP contribution in [0.2, 0.25) is 0 Å². The molecule has 0 saturated carbocycles. The zero-order valence-corrected chi connectivity index (χ0v) is 14.4. The number of ether oxygens (including phenoxy) is 1. The van der Waals surface area contributed by atoms with E-state index in [0.29, 0.717) is 38.1 Å². The summed E-state index contributed by atoms with van der Waals surface area (Å²) in [6, 6.07) is 5.80. The molecule has 1 aromatic heterocycles. The van der Waals surface area contributed by atoms with Gasteiger partial charge in [0.15, 0.2) is 0 Å². The van der Waals surface area contributed by atoms with E-state index in [9.17, 15) is 17.6 Å². The van der Waals surface area contributed by atoms with Crippen LogP contribution in [0.1, 0.15) is 17.7 Å². The van der Waals surface area contributed by atoms with E-state index in [0.717, 1.165) is 24.2 Å². The number of rotatable bonds is 6. The van der Waals surface area contributed by atoms with Crippen LogP contribution in [0.15, 0.2) is 36.5 Å². The Morgan fingerprint density at radius 1 is 1.22 bits per heavy atom. The van der Waals surface area contributed by atoms with Gasteiger partial charge in [0.2, 0.25) is 0 Å². The zero-order chi connectivity index (χ0) is 19.5. The van der Waals surface area contributed by atoms with Gasteiger partial charge >= 0.3 is 6.18 Å². The molecule has 9 heteroatoms. The van der Waals surface area contributed by atoms with Gasteiger partial charge < -0.3 is 21.1 Å². The third kappa shape index (κ3) is 5.15. The number of pyridine rings is 1. The second-order valence-corrected chi connectivity index (χ2v) is 6.62. The molecule has 2 heterocycles. The lowest BCUT2D eigenvalue weighted by atomic mass is 10.0. The van der Waals surface area contributed by atoms with E-state index in [4.69, 9.17) is 10.5 Å². The summed E-state index contributed by atoms with van der Waals surface area (Å²) in [5.74, 6) is -0.947. The van der Waals surface area contributed by atoms with Gasteiger partial charge in [-0.3, -0.25) is 4.98 Å². The van der Waals surface area contributed by atoms with Crippen LogP contribution in [-0.4, -0.2) is 30.3 Å². The minimum atomic E-state index is -4.66. The first kappa shape index (κ1) is 19.5. The Labute approximate surface area is 153 Å². The van der Waals surface area contributed by atoms with Crippen molar-refractivity contribution in [3.05, 3.63) is 53.6 Å². The average molecular weight is 384 g/mol. The molecule has 1 saturated heterocycles. The predicted octanol–water partition coefficient (Wildman–Crippen LogP) is 3.19. The van der Waals surface area contributed by atoms with Gasteiger partial charge in [0, 0.05) is 19.7 Å². The molecule has 0 bridgehead atoms. The molecule has 27 heavy (non-hydrogen) atoms. The van der Waals surface area contributed by atoms with Crippen LogP contribution in [-0.2, 0) is 17.5 Å². The summed E-state index contributed by atoms with van der Waals surface area (Å²) >= 11 is 0. The molecule has 1 fully saturated rings. The number of halogens is 4. The van der Waals surface area contributed by atoms with Crippen molar-refractivity contribution in [1.29, 1.82) is 0 Å². The number of alkyl halides is 3. The highest BCUT2D eigenvalue weighted by molar-refractivity contribution is 5.63. The normalized spacial score (nSPS) is 20.0. The Bertz CT molecular complexity index is 774. The van der Waals surface area contributed by atoms with E-state index in [1.807, 2.05) is 0 Å². The lowest BCUT2D eigenvalue weighted by Gasteiger charge is -2.22. The van der Waals surface area contributed by atoms with Gasteiger partial charge in [-0.2, -0.15) is 13.2 Å². The molecule has 1 aliphatic rings. The number of aromatic nitrogens is 1. The molecule has 0 spiro atoms. The Morgan fingerprint density at radius 3 is 2.67 bits per heavy atom. The molecular weight excluding hydrogens is 364 g/mol. The third-order valence-electron chi connectivity index (χ3n) is 4.31. The van der Waals surface area contributed by atoms with Crippen LogP contribution in [0, 0.1) is 5.82 Å². The standard InChI is InChI=1S/C18H20F4N4O/c19-12-1-4-16(15(7-12)18(20,21)22)26-14-3-2-13(25-9-14)8-24-10-17(23)5-6-27-11-17/h1-4,7,9,24,26H,5-6,8,10-11,23H2/t17-/m1/s1. The topological polar surface area (TPSA) is 72.2 Å². The molecule has 1 aliphatic heterocycles. The van der Waals surface area contributed by atoms with Gasteiger partial charge in [-0.25, -0.2) is 4.39 Å². The number of hydrogen-bond acceptors (Lipinski definition) is 5. The largest absolute Gasteiger partial charge is 0.418 e. The fourth-order valence-corrected chi connectivity index (χ4v) is 2.82. The van der Waals surface area contributed by atoms with Crippen molar-refractivity contribution in [3.63, 3.8) is 0 Å². The summed E-state index contributed by atoms with van der Waals surface area (Å²) in [6.45, 7) is 2.22. The first-order valence-corrected chi connectivity index (χ1v) is 8.41. The fraction of sp³-hybridized carbons (Fsp3) is 0.389. The van der Waals surface area contributed by atoms with Crippen molar-refractivity contribution >= 4 is 11.4 Å². The summed E-state index contributed by atoms with van der Waals surface area (Å²) in [5, 5.41) is 5.84. The van der Waals surface area contributed by atoms with Crippen molar-refractivity contribution < 1.29 is 22.3 Å². The SMILES string of the molecule is N[C@@]1(CNCc2ccc(Nc3ccc(F)cc3C(F)(F)F)cn2)CCOC1. The van der Waals surface area contributed by atoms with Crippen molar-refractivity contribution in [3.8, 4) is 0 Å². The molecule has 146 valence electrons. The van der Waals surface area contributed by atoms with Crippen molar-refractivity contribution in [2.24, 2.45) is 5.73 Å². The molecule has 4 N–H and O–H groups in total. The Balaban J connectivity index is 1.61. The second-order valence-electron chi connectivity index (χ2n) is 6.62. The molecule has 2 aromatic rings. The smallest absolute Gasteiger partial charge is 0.379 e. The number of anilines is 2. The van der Waals surface area contributed by atoms with Gasteiger partial charge in [0.05, 0.1) is 41.0 Å². The molecule has 1 aromatic carbocycles.